The first-order valence-corrected chi connectivity index (χ1v) is 5.97. The van der Waals surface area contributed by atoms with E-state index in [1.165, 1.54) is 6.92 Å². The quantitative estimate of drug-likeness (QED) is 0.696. The summed E-state index contributed by atoms with van der Waals surface area (Å²) >= 11 is 5.69. The Kier molecular flexibility index (Phi) is 6.88. The maximum atomic E-state index is 12.6. The third-order valence-corrected chi connectivity index (χ3v) is 2.83. The number of hydrogen-bond acceptors (Lipinski definition) is 1. The van der Waals surface area contributed by atoms with Crippen molar-refractivity contribution in [2.24, 2.45) is 5.92 Å². The topological polar surface area (TPSA) is 29.1 Å². The van der Waals surface area contributed by atoms with Crippen LogP contribution in [0.4, 0.5) is 8.78 Å². The van der Waals surface area contributed by atoms with Crippen molar-refractivity contribution in [3.8, 4) is 0 Å². The number of alkyl halides is 3. The average molecular weight is 256 g/mol. The molecule has 0 saturated heterocycles. The lowest BCUT2D eigenvalue weighted by Crippen LogP contribution is -2.37. The van der Waals surface area contributed by atoms with Crippen molar-refractivity contribution < 1.29 is 13.6 Å². The molecule has 1 N–H and O–H groups in total. The zero-order valence-corrected chi connectivity index (χ0v) is 10.8. The molecule has 0 aliphatic carbocycles. The number of hydrogen-bond donors (Lipinski definition) is 1. The standard InChI is InChI=1S/C11H20ClF2NO/c1-4-6-15-9(16)8(5-2)7-11(3,12)10(13)14/h8,10H,4-7H2,1-3H3,(H,15,16)/t8?,11-/m0/s1. The summed E-state index contributed by atoms with van der Waals surface area (Å²) in [7, 11) is 0. The summed E-state index contributed by atoms with van der Waals surface area (Å²) in [4.78, 5) is 10.00. The molecule has 0 aromatic heterocycles. The van der Waals surface area contributed by atoms with Gasteiger partial charge >= 0.3 is 0 Å². The predicted octanol–water partition coefficient (Wildman–Crippen LogP) is 3.19. The van der Waals surface area contributed by atoms with Gasteiger partial charge < -0.3 is 5.32 Å². The van der Waals surface area contributed by atoms with Gasteiger partial charge in [0.2, 0.25) is 5.91 Å². The van der Waals surface area contributed by atoms with Crippen LogP contribution < -0.4 is 5.32 Å². The van der Waals surface area contributed by atoms with E-state index in [-0.39, 0.29) is 12.3 Å². The van der Waals surface area contributed by atoms with E-state index in [1.807, 2.05) is 6.92 Å². The van der Waals surface area contributed by atoms with Crippen molar-refractivity contribution in [1.29, 1.82) is 0 Å². The van der Waals surface area contributed by atoms with Gasteiger partial charge in [0.25, 0.3) is 6.43 Å². The molecule has 1 unspecified atom stereocenters. The van der Waals surface area contributed by atoms with Gasteiger partial charge in [-0.3, -0.25) is 4.79 Å². The minimum Gasteiger partial charge on any atom is -0.356 e. The summed E-state index contributed by atoms with van der Waals surface area (Å²) in [6.07, 6.45) is -1.28. The van der Waals surface area contributed by atoms with Gasteiger partial charge in [-0.2, -0.15) is 0 Å². The van der Waals surface area contributed by atoms with E-state index in [1.54, 1.807) is 6.92 Å². The Balaban J connectivity index is 4.34. The van der Waals surface area contributed by atoms with Crippen molar-refractivity contribution in [3.63, 3.8) is 0 Å². The van der Waals surface area contributed by atoms with Gasteiger partial charge in [-0.15, -0.1) is 11.6 Å². The van der Waals surface area contributed by atoms with E-state index in [0.717, 1.165) is 6.42 Å². The van der Waals surface area contributed by atoms with E-state index in [0.29, 0.717) is 13.0 Å². The minimum absolute atomic E-state index is 0.00172. The highest BCUT2D eigenvalue weighted by Crippen LogP contribution is 2.32. The maximum Gasteiger partial charge on any atom is 0.257 e. The van der Waals surface area contributed by atoms with Crippen LogP contribution in [0.5, 0.6) is 0 Å². The summed E-state index contributed by atoms with van der Waals surface area (Å²) in [5.74, 6) is -0.625. The first kappa shape index (κ1) is 15.6. The fourth-order valence-electron chi connectivity index (χ4n) is 1.39. The van der Waals surface area contributed by atoms with Crippen molar-refractivity contribution in [1.82, 2.24) is 5.32 Å². The Morgan fingerprint density at radius 2 is 2.00 bits per heavy atom. The largest absolute Gasteiger partial charge is 0.356 e. The molecule has 0 bridgehead atoms. The summed E-state index contributed by atoms with van der Waals surface area (Å²) in [6, 6.07) is 0. The predicted molar refractivity (Wildman–Crippen MR) is 62.0 cm³/mol. The average Bonchev–Trinajstić information content (AvgIpc) is 2.22. The van der Waals surface area contributed by atoms with Crippen LogP contribution in [-0.2, 0) is 4.79 Å². The van der Waals surface area contributed by atoms with Crippen LogP contribution in [0.25, 0.3) is 0 Å². The maximum absolute atomic E-state index is 12.6. The van der Waals surface area contributed by atoms with Gasteiger partial charge in [0.15, 0.2) is 0 Å². The molecule has 0 radical (unpaired) electrons. The highest BCUT2D eigenvalue weighted by Gasteiger charge is 2.36. The normalized spacial score (nSPS) is 16.9. The number of carbonyl (C=O) groups excluding carboxylic acids is 1. The molecule has 0 aromatic rings. The smallest absolute Gasteiger partial charge is 0.257 e. The molecule has 0 aliphatic heterocycles. The Hall–Kier alpha value is -0.380. The lowest BCUT2D eigenvalue weighted by molar-refractivity contribution is -0.125. The molecule has 2 nitrogen and oxygen atoms in total. The molecular weight excluding hydrogens is 236 g/mol. The van der Waals surface area contributed by atoms with Crippen molar-refractivity contribution >= 4 is 17.5 Å². The number of amides is 1. The van der Waals surface area contributed by atoms with Gasteiger partial charge in [0.05, 0.1) is 0 Å². The molecule has 0 aliphatic rings. The number of carbonyl (C=O) groups is 1. The summed E-state index contributed by atoms with van der Waals surface area (Å²) < 4.78 is 25.1. The Morgan fingerprint density at radius 1 is 1.44 bits per heavy atom. The lowest BCUT2D eigenvalue weighted by Gasteiger charge is -2.25. The summed E-state index contributed by atoms with van der Waals surface area (Å²) in [5.41, 5.74) is 0. The van der Waals surface area contributed by atoms with Gasteiger partial charge in [-0.25, -0.2) is 8.78 Å². The molecule has 16 heavy (non-hydrogen) atoms. The highest BCUT2D eigenvalue weighted by molar-refractivity contribution is 6.24. The fraction of sp³-hybridized carbons (Fsp3) is 0.909. The van der Waals surface area contributed by atoms with Crippen LogP contribution in [0.3, 0.4) is 0 Å². The third-order valence-electron chi connectivity index (χ3n) is 2.51. The number of halogens is 3. The molecule has 0 spiro atoms. The number of rotatable bonds is 7. The third kappa shape index (κ3) is 5.10. The zero-order chi connectivity index (χ0) is 12.8. The van der Waals surface area contributed by atoms with E-state index >= 15 is 0 Å². The second-order valence-electron chi connectivity index (χ2n) is 4.18. The van der Waals surface area contributed by atoms with Crippen molar-refractivity contribution in [2.45, 2.75) is 51.3 Å². The first-order chi connectivity index (χ1) is 7.35. The van der Waals surface area contributed by atoms with Crippen LogP contribution >= 0.6 is 11.6 Å². The SMILES string of the molecule is CCCNC(=O)C(CC)C[C@](C)(Cl)C(F)F. The minimum atomic E-state index is -2.62. The molecule has 2 atom stereocenters. The monoisotopic (exact) mass is 255 g/mol. The molecule has 5 heteroatoms. The first-order valence-electron chi connectivity index (χ1n) is 5.59. The highest BCUT2D eigenvalue weighted by atomic mass is 35.5. The second kappa shape index (κ2) is 7.05. The van der Waals surface area contributed by atoms with Crippen molar-refractivity contribution in [3.05, 3.63) is 0 Å². The number of nitrogens with one attached hydrogen (secondary N) is 1. The van der Waals surface area contributed by atoms with Crippen LogP contribution in [0.15, 0.2) is 0 Å². The summed E-state index contributed by atoms with van der Waals surface area (Å²) in [6.45, 7) is 5.58. The molecule has 0 aromatic carbocycles. The van der Waals surface area contributed by atoms with Gasteiger partial charge in [0, 0.05) is 12.5 Å². The molecule has 1 amide bonds. The Morgan fingerprint density at radius 3 is 2.38 bits per heavy atom. The van der Waals surface area contributed by atoms with Crippen LogP contribution in [-0.4, -0.2) is 23.8 Å². The Bertz CT molecular complexity index is 222. The molecule has 0 rings (SSSR count). The molecular formula is C11H20ClF2NO. The van der Waals surface area contributed by atoms with E-state index in [9.17, 15) is 13.6 Å². The molecule has 0 saturated carbocycles. The van der Waals surface area contributed by atoms with E-state index in [2.05, 4.69) is 5.32 Å². The zero-order valence-electron chi connectivity index (χ0n) is 10.0. The molecule has 96 valence electrons. The lowest BCUT2D eigenvalue weighted by atomic mass is 9.92. The Labute approximate surface area is 101 Å². The van der Waals surface area contributed by atoms with Gasteiger partial charge in [-0.1, -0.05) is 13.8 Å². The van der Waals surface area contributed by atoms with Gasteiger partial charge in [-0.05, 0) is 26.2 Å². The van der Waals surface area contributed by atoms with Crippen LogP contribution in [0, 0.1) is 5.92 Å². The van der Waals surface area contributed by atoms with Crippen LogP contribution in [0.2, 0.25) is 0 Å². The fourth-order valence-corrected chi connectivity index (χ4v) is 1.57. The molecule has 0 heterocycles. The van der Waals surface area contributed by atoms with Crippen molar-refractivity contribution in [2.75, 3.05) is 6.54 Å². The molecule has 0 fully saturated rings. The second-order valence-corrected chi connectivity index (χ2v) is 5.04. The van der Waals surface area contributed by atoms with E-state index in [4.69, 9.17) is 11.6 Å². The van der Waals surface area contributed by atoms with E-state index < -0.39 is 17.2 Å². The van der Waals surface area contributed by atoms with Crippen LogP contribution in [0.1, 0.15) is 40.0 Å². The van der Waals surface area contributed by atoms with Gasteiger partial charge in [0.1, 0.15) is 4.87 Å². The summed E-state index contributed by atoms with van der Waals surface area (Å²) in [5, 5.41) is 2.70.